The number of benzene rings is 1. The predicted octanol–water partition coefficient (Wildman–Crippen LogP) is 2.18. The first kappa shape index (κ1) is 15.8. The number of hydrogen-bond donors (Lipinski definition) is 2. The largest absolute Gasteiger partial charge is 0.493 e. The van der Waals surface area contributed by atoms with Gasteiger partial charge in [0, 0.05) is 12.6 Å². The topological polar surface area (TPSA) is 42.5 Å². The van der Waals surface area contributed by atoms with Crippen molar-refractivity contribution in [2.45, 2.75) is 32.9 Å². The highest BCUT2D eigenvalue weighted by Gasteiger charge is 2.03. The maximum atomic E-state index is 5.29. The first-order valence-electron chi connectivity index (χ1n) is 6.82. The molecule has 0 aromatic heterocycles. The minimum atomic E-state index is 0.561. The van der Waals surface area contributed by atoms with E-state index in [9.17, 15) is 0 Å². The molecule has 0 aliphatic rings. The molecule has 0 bridgehead atoms. The summed E-state index contributed by atoms with van der Waals surface area (Å²) in [6, 6.07) is 6.57. The third kappa shape index (κ3) is 5.94. The van der Waals surface area contributed by atoms with Crippen molar-refractivity contribution in [1.29, 1.82) is 0 Å². The number of ether oxygens (including phenoxy) is 2. The lowest BCUT2D eigenvalue weighted by atomic mass is 10.2. The van der Waals surface area contributed by atoms with E-state index in [1.54, 1.807) is 14.2 Å². The lowest BCUT2D eigenvalue weighted by Gasteiger charge is -2.11. The molecule has 1 aromatic rings. The summed E-state index contributed by atoms with van der Waals surface area (Å²) in [5.41, 5.74) is 1.20. The Hall–Kier alpha value is -1.26. The Morgan fingerprint density at radius 2 is 1.79 bits per heavy atom. The van der Waals surface area contributed by atoms with Crippen LogP contribution in [-0.2, 0) is 6.54 Å². The van der Waals surface area contributed by atoms with Gasteiger partial charge in [-0.05, 0) is 37.2 Å². The van der Waals surface area contributed by atoms with E-state index in [-0.39, 0.29) is 0 Å². The van der Waals surface area contributed by atoms with Gasteiger partial charge in [0.1, 0.15) is 0 Å². The molecule has 19 heavy (non-hydrogen) atoms. The van der Waals surface area contributed by atoms with Gasteiger partial charge in [0.25, 0.3) is 0 Å². The molecule has 0 spiro atoms. The summed E-state index contributed by atoms with van der Waals surface area (Å²) in [7, 11) is 3.31. The van der Waals surface area contributed by atoms with Gasteiger partial charge in [0.15, 0.2) is 11.5 Å². The van der Waals surface area contributed by atoms with Crippen molar-refractivity contribution in [3.8, 4) is 11.5 Å². The zero-order chi connectivity index (χ0) is 14.1. The molecule has 2 N–H and O–H groups in total. The van der Waals surface area contributed by atoms with Gasteiger partial charge in [0.2, 0.25) is 0 Å². The van der Waals surface area contributed by atoms with Gasteiger partial charge in [-0.2, -0.15) is 0 Å². The van der Waals surface area contributed by atoms with Crippen molar-refractivity contribution in [3.05, 3.63) is 23.8 Å². The van der Waals surface area contributed by atoms with Crippen LogP contribution in [0.1, 0.15) is 25.8 Å². The van der Waals surface area contributed by atoms with Crippen molar-refractivity contribution in [2.24, 2.45) is 0 Å². The molecule has 108 valence electrons. The molecule has 4 heteroatoms. The quantitative estimate of drug-likeness (QED) is 0.672. The zero-order valence-electron chi connectivity index (χ0n) is 12.5. The lowest BCUT2D eigenvalue weighted by Crippen LogP contribution is -2.26. The molecule has 1 aromatic carbocycles. The van der Waals surface area contributed by atoms with Gasteiger partial charge in [-0.3, -0.25) is 0 Å². The van der Waals surface area contributed by atoms with Crippen LogP contribution in [0.4, 0.5) is 0 Å². The van der Waals surface area contributed by atoms with Crippen LogP contribution in [0.25, 0.3) is 0 Å². The molecule has 0 saturated heterocycles. The molecule has 0 heterocycles. The van der Waals surface area contributed by atoms with Crippen LogP contribution in [0.2, 0.25) is 0 Å². The summed E-state index contributed by atoms with van der Waals surface area (Å²) in [5, 5.41) is 6.83. The van der Waals surface area contributed by atoms with Crippen LogP contribution < -0.4 is 20.1 Å². The molecular weight excluding hydrogens is 240 g/mol. The smallest absolute Gasteiger partial charge is 0.161 e. The molecule has 4 nitrogen and oxygen atoms in total. The maximum Gasteiger partial charge on any atom is 0.161 e. The molecular formula is C15H26N2O2. The number of methoxy groups -OCH3 is 2. The van der Waals surface area contributed by atoms with E-state index in [4.69, 9.17) is 9.47 Å². The number of rotatable bonds is 9. The Morgan fingerprint density at radius 3 is 2.42 bits per heavy atom. The number of nitrogens with one attached hydrogen (secondary N) is 2. The molecule has 0 amide bonds. The molecule has 0 aliphatic heterocycles. The Labute approximate surface area is 116 Å². The van der Waals surface area contributed by atoms with Gasteiger partial charge >= 0.3 is 0 Å². The molecule has 0 aliphatic carbocycles. The molecule has 1 rings (SSSR count). The fraction of sp³-hybridized carbons (Fsp3) is 0.600. The summed E-state index contributed by atoms with van der Waals surface area (Å²) >= 11 is 0. The summed E-state index contributed by atoms with van der Waals surface area (Å²) in [5.74, 6) is 1.55. The van der Waals surface area contributed by atoms with Crippen molar-refractivity contribution in [2.75, 3.05) is 27.3 Å². The Balaban J connectivity index is 2.29. The maximum absolute atomic E-state index is 5.29. The van der Waals surface area contributed by atoms with Crippen molar-refractivity contribution >= 4 is 0 Å². The fourth-order valence-corrected chi connectivity index (χ4v) is 1.83. The Bertz CT molecular complexity index is 367. The minimum Gasteiger partial charge on any atom is -0.493 e. The Kier molecular flexibility index (Phi) is 7.30. The van der Waals surface area contributed by atoms with Crippen molar-refractivity contribution < 1.29 is 9.47 Å². The summed E-state index contributed by atoms with van der Waals surface area (Å²) < 4.78 is 10.5. The second-order valence-electron chi connectivity index (χ2n) is 4.83. The van der Waals surface area contributed by atoms with Crippen molar-refractivity contribution in [1.82, 2.24) is 10.6 Å². The summed E-state index contributed by atoms with van der Waals surface area (Å²) in [6.45, 7) is 7.24. The Morgan fingerprint density at radius 1 is 1.05 bits per heavy atom. The molecule has 0 unspecified atom stereocenters. The second kappa shape index (κ2) is 8.77. The molecule has 0 radical (unpaired) electrons. The van der Waals surface area contributed by atoms with Crippen LogP contribution in [0.5, 0.6) is 11.5 Å². The van der Waals surface area contributed by atoms with E-state index in [0.717, 1.165) is 37.6 Å². The third-order valence-corrected chi connectivity index (χ3v) is 2.86. The highest BCUT2D eigenvalue weighted by Crippen LogP contribution is 2.27. The highest BCUT2D eigenvalue weighted by atomic mass is 16.5. The first-order valence-corrected chi connectivity index (χ1v) is 6.82. The normalized spacial score (nSPS) is 10.8. The van der Waals surface area contributed by atoms with Gasteiger partial charge in [-0.25, -0.2) is 0 Å². The standard InChI is InChI=1S/C15H26N2O2/c1-12(2)17-9-5-8-16-11-13-6-7-14(18-3)15(10-13)19-4/h6-7,10,12,16-17H,5,8-9,11H2,1-4H3. The van der Waals surface area contributed by atoms with E-state index in [2.05, 4.69) is 30.5 Å². The third-order valence-electron chi connectivity index (χ3n) is 2.86. The van der Waals surface area contributed by atoms with E-state index >= 15 is 0 Å². The predicted molar refractivity (Wildman–Crippen MR) is 79.0 cm³/mol. The molecule has 0 atom stereocenters. The van der Waals surface area contributed by atoms with E-state index in [1.165, 1.54) is 5.56 Å². The highest BCUT2D eigenvalue weighted by molar-refractivity contribution is 5.42. The average Bonchev–Trinajstić information content (AvgIpc) is 2.42. The van der Waals surface area contributed by atoms with Gasteiger partial charge in [-0.1, -0.05) is 19.9 Å². The van der Waals surface area contributed by atoms with Crippen LogP contribution in [0.3, 0.4) is 0 Å². The summed E-state index contributed by atoms with van der Waals surface area (Å²) in [6.07, 6.45) is 1.13. The fourth-order valence-electron chi connectivity index (χ4n) is 1.83. The van der Waals surface area contributed by atoms with Gasteiger partial charge < -0.3 is 20.1 Å². The van der Waals surface area contributed by atoms with E-state index < -0.39 is 0 Å². The van der Waals surface area contributed by atoms with Crippen LogP contribution in [0.15, 0.2) is 18.2 Å². The van der Waals surface area contributed by atoms with Crippen LogP contribution in [-0.4, -0.2) is 33.4 Å². The molecule has 0 fully saturated rings. The SMILES string of the molecule is COc1ccc(CNCCCNC(C)C)cc1OC. The lowest BCUT2D eigenvalue weighted by molar-refractivity contribution is 0.354. The number of hydrogen-bond acceptors (Lipinski definition) is 4. The van der Waals surface area contributed by atoms with Gasteiger partial charge in [-0.15, -0.1) is 0 Å². The van der Waals surface area contributed by atoms with E-state index in [0.29, 0.717) is 6.04 Å². The average molecular weight is 266 g/mol. The molecule has 0 saturated carbocycles. The monoisotopic (exact) mass is 266 g/mol. The van der Waals surface area contributed by atoms with E-state index in [1.807, 2.05) is 12.1 Å². The van der Waals surface area contributed by atoms with Crippen LogP contribution in [0, 0.1) is 0 Å². The van der Waals surface area contributed by atoms with Crippen LogP contribution >= 0.6 is 0 Å². The summed E-state index contributed by atoms with van der Waals surface area (Å²) in [4.78, 5) is 0. The minimum absolute atomic E-state index is 0.561. The zero-order valence-corrected chi connectivity index (χ0v) is 12.5. The first-order chi connectivity index (χ1) is 9.17. The second-order valence-corrected chi connectivity index (χ2v) is 4.83. The van der Waals surface area contributed by atoms with Crippen molar-refractivity contribution in [3.63, 3.8) is 0 Å². The van der Waals surface area contributed by atoms with Gasteiger partial charge in [0.05, 0.1) is 14.2 Å².